The molecule has 1 aliphatic rings. The molecule has 0 saturated heterocycles. The monoisotopic (exact) mass is 422 g/mol. The molecule has 30 heavy (non-hydrogen) atoms. The summed E-state index contributed by atoms with van der Waals surface area (Å²) in [5.41, 5.74) is 4.04. The van der Waals surface area contributed by atoms with Crippen LogP contribution in [0.3, 0.4) is 0 Å². The Kier molecular flexibility index (Phi) is 5.26. The van der Waals surface area contributed by atoms with E-state index in [1.807, 2.05) is 19.1 Å². The number of hydrogen-bond donors (Lipinski definition) is 1. The van der Waals surface area contributed by atoms with Gasteiger partial charge in [0.15, 0.2) is 0 Å². The van der Waals surface area contributed by atoms with E-state index in [1.165, 1.54) is 29.5 Å². The van der Waals surface area contributed by atoms with Gasteiger partial charge in [-0.1, -0.05) is 42.0 Å². The fourth-order valence-corrected chi connectivity index (χ4v) is 4.42. The predicted molar refractivity (Wildman–Crippen MR) is 114 cm³/mol. The molecule has 7 nitrogen and oxygen atoms in total. The fraction of sp³-hybridized carbons (Fsp3) is 0.227. The topological polar surface area (TPSA) is 92.3 Å². The molecule has 2 aromatic carbocycles. The van der Waals surface area contributed by atoms with E-state index in [-0.39, 0.29) is 10.5 Å². The van der Waals surface area contributed by atoms with Crippen molar-refractivity contribution in [3.63, 3.8) is 0 Å². The van der Waals surface area contributed by atoms with Crippen LogP contribution in [0.2, 0.25) is 0 Å². The van der Waals surface area contributed by atoms with Crippen LogP contribution in [0.4, 0.5) is 5.95 Å². The molecule has 3 aromatic rings. The number of carbonyl (C=O) groups is 1. The summed E-state index contributed by atoms with van der Waals surface area (Å²) < 4.78 is 27.1. The molecule has 1 N–H and O–H groups in total. The van der Waals surface area contributed by atoms with Gasteiger partial charge in [-0.15, -0.1) is 0 Å². The molecule has 0 aliphatic carbocycles. The summed E-state index contributed by atoms with van der Waals surface area (Å²) in [7, 11) is -3.97. The quantitative estimate of drug-likeness (QED) is 0.695. The number of fused-ring (bicyclic) bond motifs is 1. The van der Waals surface area contributed by atoms with Gasteiger partial charge in [0.1, 0.15) is 0 Å². The van der Waals surface area contributed by atoms with Crippen molar-refractivity contribution < 1.29 is 13.2 Å². The number of amides is 1. The van der Waals surface area contributed by atoms with Gasteiger partial charge < -0.3 is 4.90 Å². The number of rotatable bonds is 4. The zero-order valence-electron chi connectivity index (χ0n) is 16.8. The number of hydrogen-bond acceptors (Lipinski definition) is 6. The highest BCUT2D eigenvalue weighted by Crippen LogP contribution is 2.22. The highest BCUT2D eigenvalue weighted by molar-refractivity contribution is 7.90. The zero-order chi connectivity index (χ0) is 21.3. The molecule has 1 aliphatic heterocycles. The van der Waals surface area contributed by atoms with Crippen molar-refractivity contribution in [2.45, 2.75) is 31.7 Å². The minimum Gasteiger partial charge on any atom is -0.336 e. The third-order valence-electron chi connectivity index (χ3n) is 5.18. The molecule has 0 spiro atoms. The molecule has 0 saturated carbocycles. The van der Waals surface area contributed by atoms with Crippen LogP contribution in [0, 0.1) is 13.8 Å². The second kappa shape index (κ2) is 7.87. The number of nitrogens with one attached hydrogen (secondary N) is 1. The number of anilines is 1. The number of sulfonamides is 1. The Bertz CT molecular complexity index is 1210. The van der Waals surface area contributed by atoms with Gasteiger partial charge in [-0.2, -0.15) is 0 Å². The number of nitrogens with zero attached hydrogens (tertiary/aromatic N) is 3. The van der Waals surface area contributed by atoms with Crippen LogP contribution in [0.1, 0.15) is 32.7 Å². The average molecular weight is 423 g/mol. The van der Waals surface area contributed by atoms with E-state index in [0.29, 0.717) is 18.2 Å². The molecule has 2 heterocycles. The molecule has 0 bridgehead atoms. The van der Waals surface area contributed by atoms with Gasteiger partial charge in [0, 0.05) is 19.3 Å². The number of carbonyl (C=O) groups excluding carboxylic acids is 1. The first-order valence-electron chi connectivity index (χ1n) is 9.63. The lowest BCUT2D eigenvalue weighted by atomic mass is 10.0. The minimum absolute atomic E-state index is 0.0311. The number of benzene rings is 2. The van der Waals surface area contributed by atoms with Crippen molar-refractivity contribution in [1.82, 2.24) is 14.7 Å². The van der Waals surface area contributed by atoms with Crippen molar-refractivity contribution in [1.29, 1.82) is 0 Å². The second-order valence-electron chi connectivity index (χ2n) is 7.36. The standard InChI is InChI=1S/C22H22N4O3S/c1-15-7-9-19(10-8-15)30(28,29)25-21(27)20-13-23-22(24-16(20)2)26-12-11-17-5-3-4-6-18(17)14-26/h3-10,13H,11-12,14H2,1-2H3,(H,25,27). The number of aryl methyl sites for hydroxylation is 2. The van der Waals surface area contributed by atoms with Gasteiger partial charge >= 0.3 is 0 Å². The second-order valence-corrected chi connectivity index (χ2v) is 9.04. The summed E-state index contributed by atoms with van der Waals surface area (Å²) in [4.78, 5) is 23.5. The smallest absolute Gasteiger partial charge is 0.268 e. The van der Waals surface area contributed by atoms with E-state index < -0.39 is 15.9 Å². The molecule has 1 amide bonds. The first-order valence-corrected chi connectivity index (χ1v) is 11.1. The predicted octanol–water partition coefficient (Wildman–Crippen LogP) is 2.77. The maximum absolute atomic E-state index is 12.6. The normalized spacial score (nSPS) is 13.6. The van der Waals surface area contributed by atoms with E-state index in [9.17, 15) is 13.2 Å². The molecule has 0 atom stereocenters. The Balaban J connectivity index is 1.52. The summed E-state index contributed by atoms with van der Waals surface area (Å²) in [5.74, 6) is -0.219. The molecule has 4 rings (SSSR count). The largest absolute Gasteiger partial charge is 0.336 e. The molecular formula is C22H22N4O3S. The maximum atomic E-state index is 12.6. The Morgan fingerprint density at radius 1 is 1.03 bits per heavy atom. The molecule has 8 heteroatoms. The van der Waals surface area contributed by atoms with Crippen molar-refractivity contribution in [3.8, 4) is 0 Å². The number of aromatic nitrogens is 2. The molecule has 0 radical (unpaired) electrons. The van der Waals surface area contributed by atoms with Crippen molar-refractivity contribution in [2.75, 3.05) is 11.4 Å². The zero-order valence-corrected chi connectivity index (χ0v) is 17.6. The van der Waals surface area contributed by atoms with Crippen LogP contribution in [0.15, 0.2) is 59.6 Å². The average Bonchev–Trinajstić information content (AvgIpc) is 2.73. The first kappa shape index (κ1) is 20.0. The highest BCUT2D eigenvalue weighted by atomic mass is 32.2. The summed E-state index contributed by atoms with van der Waals surface area (Å²) in [5, 5.41) is 0. The van der Waals surface area contributed by atoms with Gasteiger partial charge in [0.05, 0.1) is 16.2 Å². The third kappa shape index (κ3) is 4.04. The SMILES string of the molecule is Cc1ccc(S(=O)(=O)NC(=O)c2cnc(N3CCc4ccccc4C3)nc2C)cc1. The Morgan fingerprint density at radius 3 is 2.43 bits per heavy atom. The molecular weight excluding hydrogens is 400 g/mol. The van der Waals surface area contributed by atoms with E-state index in [2.05, 4.69) is 31.7 Å². The van der Waals surface area contributed by atoms with Crippen molar-refractivity contribution >= 4 is 21.9 Å². The van der Waals surface area contributed by atoms with E-state index in [4.69, 9.17) is 0 Å². The summed E-state index contributed by atoms with van der Waals surface area (Å²) in [6.45, 7) is 5.02. The van der Waals surface area contributed by atoms with Crippen molar-refractivity contribution in [3.05, 3.63) is 82.7 Å². The van der Waals surface area contributed by atoms with Gasteiger partial charge in [-0.3, -0.25) is 4.79 Å². The maximum Gasteiger partial charge on any atom is 0.268 e. The lowest BCUT2D eigenvalue weighted by Gasteiger charge is -2.29. The summed E-state index contributed by atoms with van der Waals surface area (Å²) in [6, 6.07) is 14.5. The van der Waals surface area contributed by atoms with Crippen LogP contribution in [-0.2, 0) is 23.0 Å². The lowest BCUT2D eigenvalue weighted by molar-refractivity contribution is 0.0980. The Morgan fingerprint density at radius 2 is 1.73 bits per heavy atom. The Labute approximate surface area is 175 Å². The van der Waals surface area contributed by atoms with E-state index >= 15 is 0 Å². The minimum atomic E-state index is -3.97. The van der Waals surface area contributed by atoms with Crippen LogP contribution in [0.25, 0.3) is 0 Å². The van der Waals surface area contributed by atoms with Crippen LogP contribution < -0.4 is 9.62 Å². The van der Waals surface area contributed by atoms with Crippen LogP contribution >= 0.6 is 0 Å². The van der Waals surface area contributed by atoms with Gasteiger partial charge in [0.2, 0.25) is 5.95 Å². The molecule has 0 fully saturated rings. The molecule has 154 valence electrons. The van der Waals surface area contributed by atoms with Crippen molar-refractivity contribution in [2.24, 2.45) is 0 Å². The van der Waals surface area contributed by atoms with E-state index in [1.54, 1.807) is 19.1 Å². The van der Waals surface area contributed by atoms with Crippen LogP contribution in [-0.4, -0.2) is 30.8 Å². The summed E-state index contributed by atoms with van der Waals surface area (Å²) in [6.07, 6.45) is 2.29. The van der Waals surface area contributed by atoms with Gasteiger partial charge in [-0.25, -0.2) is 23.1 Å². The molecule has 0 unspecified atom stereocenters. The van der Waals surface area contributed by atoms with Crippen LogP contribution in [0.5, 0.6) is 0 Å². The van der Waals surface area contributed by atoms with Gasteiger partial charge in [0.25, 0.3) is 15.9 Å². The highest BCUT2D eigenvalue weighted by Gasteiger charge is 2.23. The fourth-order valence-electron chi connectivity index (χ4n) is 3.45. The molecule has 1 aromatic heterocycles. The van der Waals surface area contributed by atoms with Gasteiger partial charge in [-0.05, 0) is 43.5 Å². The third-order valence-corrected chi connectivity index (χ3v) is 6.53. The lowest BCUT2D eigenvalue weighted by Crippen LogP contribution is -2.33. The first-order chi connectivity index (χ1) is 14.3. The summed E-state index contributed by atoms with van der Waals surface area (Å²) >= 11 is 0. The Hall–Kier alpha value is -3.26. The van der Waals surface area contributed by atoms with E-state index in [0.717, 1.165) is 18.5 Å².